The van der Waals surface area contributed by atoms with Gasteiger partial charge >= 0.3 is 0 Å². The first-order chi connectivity index (χ1) is 28.2. The predicted octanol–water partition coefficient (Wildman–Crippen LogP) is 13.4. The topological polar surface area (TPSA) is 69.9 Å². The standard InChI is InChI=1S/C51H30N4O2/c1-3-14-31(15-4-1)33-18-13-19-34(28-33)49-52-50(35-29-41(32-16-5-2-6-17-32)46-40-22-9-12-25-44(40)56-45(46)30-35)54-51(53-49)55-42-23-10-7-20-36(42)38-26-27-39-37-21-8-11-24-43(37)57-48(39)47(38)55/h1-30H. The monoisotopic (exact) mass is 730 g/mol. The molecule has 0 bridgehead atoms. The van der Waals surface area contributed by atoms with Crippen molar-refractivity contribution in [3.63, 3.8) is 0 Å². The number of rotatable bonds is 5. The molecule has 0 unspecified atom stereocenters. The van der Waals surface area contributed by atoms with Gasteiger partial charge in [-0.3, -0.25) is 4.57 Å². The number of nitrogens with zero attached hydrogens (tertiary/aromatic N) is 4. The van der Waals surface area contributed by atoms with E-state index < -0.39 is 0 Å². The van der Waals surface area contributed by atoms with E-state index in [1.54, 1.807) is 0 Å². The molecule has 4 heterocycles. The largest absolute Gasteiger partial charge is 0.456 e. The van der Waals surface area contributed by atoms with Crippen LogP contribution in [0.2, 0.25) is 0 Å². The van der Waals surface area contributed by atoms with Crippen LogP contribution in [0.1, 0.15) is 0 Å². The van der Waals surface area contributed by atoms with Gasteiger partial charge in [-0.1, -0.05) is 140 Å². The van der Waals surface area contributed by atoms with Crippen molar-refractivity contribution in [3.8, 4) is 51.0 Å². The number of hydrogen-bond donors (Lipinski definition) is 0. The maximum atomic E-state index is 6.69. The molecule has 0 aliphatic heterocycles. The van der Waals surface area contributed by atoms with E-state index in [4.69, 9.17) is 23.8 Å². The summed E-state index contributed by atoms with van der Waals surface area (Å²) < 4.78 is 15.4. The number of hydrogen-bond acceptors (Lipinski definition) is 5. The fourth-order valence-electron chi connectivity index (χ4n) is 8.46. The van der Waals surface area contributed by atoms with Crippen molar-refractivity contribution in [1.29, 1.82) is 0 Å². The van der Waals surface area contributed by atoms with E-state index in [0.29, 0.717) is 17.6 Å². The normalized spacial score (nSPS) is 11.9. The second-order valence-electron chi connectivity index (χ2n) is 14.4. The van der Waals surface area contributed by atoms with E-state index in [1.807, 2.05) is 42.5 Å². The van der Waals surface area contributed by atoms with E-state index in [0.717, 1.165) is 99.1 Å². The van der Waals surface area contributed by atoms with Gasteiger partial charge in [0, 0.05) is 43.4 Å². The SMILES string of the molecule is c1ccc(-c2cccc(-c3nc(-c4cc(-c5ccccc5)c5c(c4)oc4ccccc45)nc(-n4c5ccccc5c5ccc6c7ccccc7oc6c54)n3)c2)cc1. The summed E-state index contributed by atoms with van der Waals surface area (Å²) in [5.41, 5.74) is 11.1. The fourth-order valence-corrected chi connectivity index (χ4v) is 8.46. The maximum absolute atomic E-state index is 6.69. The first-order valence-corrected chi connectivity index (χ1v) is 19.0. The molecule has 6 nitrogen and oxygen atoms in total. The maximum Gasteiger partial charge on any atom is 0.238 e. The molecule has 0 aliphatic rings. The molecule has 0 N–H and O–H groups in total. The summed E-state index contributed by atoms with van der Waals surface area (Å²) in [6.07, 6.45) is 0. The van der Waals surface area contributed by atoms with Gasteiger partial charge < -0.3 is 8.83 Å². The van der Waals surface area contributed by atoms with Gasteiger partial charge in [0.15, 0.2) is 17.2 Å². The van der Waals surface area contributed by atoms with Crippen molar-refractivity contribution < 1.29 is 8.83 Å². The Kier molecular flexibility index (Phi) is 6.83. The van der Waals surface area contributed by atoms with Crippen LogP contribution < -0.4 is 0 Å². The van der Waals surface area contributed by atoms with E-state index in [1.165, 1.54) is 0 Å². The number of fused-ring (bicyclic) bond motifs is 10. The quantitative estimate of drug-likeness (QED) is 0.176. The first-order valence-electron chi connectivity index (χ1n) is 19.0. The van der Waals surface area contributed by atoms with E-state index >= 15 is 0 Å². The molecular weight excluding hydrogens is 701 g/mol. The molecule has 0 aliphatic carbocycles. The summed E-state index contributed by atoms with van der Waals surface area (Å²) >= 11 is 0. The van der Waals surface area contributed by atoms with Gasteiger partial charge in [0.25, 0.3) is 0 Å². The second-order valence-corrected chi connectivity index (χ2v) is 14.4. The molecule has 8 aromatic carbocycles. The molecule has 0 fully saturated rings. The molecular formula is C51H30N4O2. The summed E-state index contributed by atoms with van der Waals surface area (Å²) in [7, 11) is 0. The lowest BCUT2D eigenvalue weighted by Gasteiger charge is -2.13. The summed E-state index contributed by atoms with van der Waals surface area (Å²) in [5, 5.41) is 6.36. The number of furan rings is 2. The Labute approximate surface area is 325 Å². The van der Waals surface area contributed by atoms with Crippen LogP contribution in [-0.2, 0) is 0 Å². The molecule has 0 saturated heterocycles. The Morgan fingerprint density at radius 3 is 1.79 bits per heavy atom. The van der Waals surface area contributed by atoms with Gasteiger partial charge in [0.05, 0.1) is 5.52 Å². The molecule has 12 aromatic rings. The highest BCUT2D eigenvalue weighted by molar-refractivity contribution is 6.21. The lowest BCUT2D eigenvalue weighted by molar-refractivity contribution is 0.669. The highest BCUT2D eigenvalue weighted by Crippen LogP contribution is 2.42. The van der Waals surface area contributed by atoms with Gasteiger partial charge in [-0.25, -0.2) is 4.98 Å². The average Bonchev–Trinajstić information content (AvgIpc) is 3.96. The Balaban J connectivity index is 1.18. The Bertz CT molecular complexity index is 3530. The first kappa shape index (κ1) is 31.5. The Morgan fingerprint density at radius 2 is 0.982 bits per heavy atom. The minimum Gasteiger partial charge on any atom is -0.456 e. The highest BCUT2D eigenvalue weighted by Gasteiger charge is 2.23. The summed E-state index contributed by atoms with van der Waals surface area (Å²) in [6, 6.07) is 62.6. The zero-order valence-corrected chi connectivity index (χ0v) is 30.4. The molecule has 6 heteroatoms. The Hall–Kier alpha value is -7.83. The molecule has 0 radical (unpaired) electrons. The molecule has 57 heavy (non-hydrogen) atoms. The van der Waals surface area contributed by atoms with E-state index in [2.05, 4.69) is 144 Å². The van der Waals surface area contributed by atoms with Gasteiger partial charge in [0.2, 0.25) is 5.95 Å². The lowest BCUT2D eigenvalue weighted by atomic mass is 9.97. The molecule has 12 rings (SSSR count). The number of para-hydroxylation sites is 3. The second kappa shape index (κ2) is 12.3. The minimum absolute atomic E-state index is 0.491. The molecule has 0 atom stereocenters. The van der Waals surface area contributed by atoms with Gasteiger partial charge in [-0.15, -0.1) is 0 Å². The molecule has 4 aromatic heterocycles. The van der Waals surface area contributed by atoms with Crippen molar-refractivity contribution in [1.82, 2.24) is 19.5 Å². The van der Waals surface area contributed by atoms with Crippen LogP contribution in [0.3, 0.4) is 0 Å². The van der Waals surface area contributed by atoms with Crippen molar-refractivity contribution >= 4 is 65.7 Å². The van der Waals surface area contributed by atoms with Crippen LogP contribution in [0, 0.1) is 0 Å². The van der Waals surface area contributed by atoms with Gasteiger partial charge in [-0.2, -0.15) is 9.97 Å². The fraction of sp³-hybridized carbons (Fsp3) is 0. The lowest BCUT2D eigenvalue weighted by Crippen LogP contribution is -2.06. The van der Waals surface area contributed by atoms with Crippen molar-refractivity contribution in [2.75, 3.05) is 0 Å². The highest BCUT2D eigenvalue weighted by atomic mass is 16.3. The molecule has 266 valence electrons. The van der Waals surface area contributed by atoms with Crippen LogP contribution in [0.4, 0.5) is 0 Å². The Morgan fingerprint density at radius 1 is 0.368 bits per heavy atom. The molecule has 0 spiro atoms. The summed E-state index contributed by atoms with van der Waals surface area (Å²) in [6.45, 7) is 0. The zero-order chi connectivity index (χ0) is 37.5. The van der Waals surface area contributed by atoms with Gasteiger partial charge in [-0.05, 0) is 64.7 Å². The summed E-state index contributed by atoms with van der Waals surface area (Å²) in [5.74, 6) is 1.58. The zero-order valence-electron chi connectivity index (χ0n) is 30.4. The van der Waals surface area contributed by atoms with Crippen LogP contribution in [0.25, 0.3) is 117 Å². The van der Waals surface area contributed by atoms with Crippen LogP contribution in [0.5, 0.6) is 0 Å². The summed E-state index contributed by atoms with van der Waals surface area (Å²) in [4.78, 5) is 16.0. The van der Waals surface area contributed by atoms with Gasteiger partial charge in [0.1, 0.15) is 22.3 Å². The van der Waals surface area contributed by atoms with Crippen molar-refractivity contribution in [3.05, 3.63) is 182 Å². The third-order valence-electron chi connectivity index (χ3n) is 11.1. The number of aromatic nitrogens is 4. The molecule has 0 saturated carbocycles. The third-order valence-corrected chi connectivity index (χ3v) is 11.1. The van der Waals surface area contributed by atoms with Crippen LogP contribution >= 0.6 is 0 Å². The van der Waals surface area contributed by atoms with Crippen LogP contribution in [-0.4, -0.2) is 19.5 Å². The number of benzene rings is 8. The van der Waals surface area contributed by atoms with Crippen LogP contribution in [0.15, 0.2) is 191 Å². The third kappa shape index (κ3) is 4.94. The van der Waals surface area contributed by atoms with Crippen molar-refractivity contribution in [2.45, 2.75) is 0 Å². The average molecular weight is 731 g/mol. The van der Waals surface area contributed by atoms with E-state index in [-0.39, 0.29) is 0 Å². The predicted molar refractivity (Wildman–Crippen MR) is 230 cm³/mol. The van der Waals surface area contributed by atoms with E-state index in [9.17, 15) is 0 Å². The molecule has 0 amide bonds. The van der Waals surface area contributed by atoms with Crippen molar-refractivity contribution in [2.24, 2.45) is 0 Å². The smallest absolute Gasteiger partial charge is 0.238 e. The minimum atomic E-state index is 0.491.